The quantitative estimate of drug-likeness (QED) is 0.706. The van der Waals surface area contributed by atoms with E-state index in [1.54, 1.807) is 0 Å². The van der Waals surface area contributed by atoms with Crippen LogP contribution in [0.15, 0.2) is 0 Å². The number of carboxylic acids is 1. The lowest BCUT2D eigenvalue weighted by atomic mass is 10.0. The zero-order valence-corrected chi connectivity index (χ0v) is 10.2. The van der Waals surface area contributed by atoms with Crippen molar-refractivity contribution in [2.24, 2.45) is 0 Å². The van der Waals surface area contributed by atoms with E-state index in [0.717, 1.165) is 4.90 Å². The van der Waals surface area contributed by atoms with E-state index < -0.39 is 29.8 Å². The van der Waals surface area contributed by atoms with Gasteiger partial charge in [-0.1, -0.05) is 0 Å². The molecule has 1 aliphatic heterocycles. The minimum Gasteiger partial charge on any atom is -0.479 e. The largest absolute Gasteiger partial charge is 0.479 e. The number of nitrogens with zero attached hydrogens (tertiary/aromatic N) is 1. The number of aliphatic carboxylic acids is 1. The molecule has 9 heteroatoms. The standard InChI is InChI=1S/C10H15F3N2O4/c1-9(7(17)18,10(11,12)13)14-8(19)15-4-2-3-6(15)5-16/h6,16H,2-5H2,1H3,(H,14,19)(H,17,18). The minimum absolute atomic E-state index is 0.185. The molecule has 0 saturated carbocycles. The fraction of sp³-hybridized carbons (Fsp3) is 0.800. The fourth-order valence-corrected chi connectivity index (χ4v) is 1.82. The van der Waals surface area contributed by atoms with Gasteiger partial charge in [-0.05, 0) is 19.8 Å². The number of aliphatic hydroxyl groups excluding tert-OH is 1. The molecule has 0 aliphatic carbocycles. The topological polar surface area (TPSA) is 89.9 Å². The first-order valence-corrected chi connectivity index (χ1v) is 5.63. The van der Waals surface area contributed by atoms with E-state index >= 15 is 0 Å². The highest BCUT2D eigenvalue weighted by atomic mass is 19.4. The van der Waals surface area contributed by atoms with Gasteiger partial charge in [0.1, 0.15) is 0 Å². The number of rotatable bonds is 3. The Morgan fingerprint density at radius 1 is 1.42 bits per heavy atom. The van der Waals surface area contributed by atoms with Crippen molar-refractivity contribution in [3.63, 3.8) is 0 Å². The predicted molar refractivity (Wildman–Crippen MR) is 57.4 cm³/mol. The Balaban J connectivity index is 2.87. The van der Waals surface area contributed by atoms with Gasteiger partial charge in [0.15, 0.2) is 0 Å². The number of carboxylic acid groups (broad SMARTS) is 1. The van der Waals surface area contributed by atoms with Crippen molar-refractivity contribution in [3.8, 4) is 0 Å². The molecule has 0 spiro atoms. The fourth-order valence-electron chi connectivity index (χ4n) is 1.82. The number of likely N-dealkylation sites (tertiary alicyclic amines) is 1. The second-order valence-electron chi connectivity index (χ2n) is 4.53. The van der Waals surface area contributed by atoms with Gasteiger partial charge < -0.3 is 20.4 Å². The third kappa shape index (κ3) is 2.91. The smallest absolute Gasteiger partial charge is 0.422 e. The molecular formula is C10H15F3N2O4. The molecule has 0 bridgehead atoms. The summed E-state index contributed by atoms with van der Waals surface area (Å²) < 4.78 is 38.2. The molecule has 3 N–H and O–H groups in total. The number of carbonyl (C=O) groups excluding carboxylic acids is 1. The van der Waals surface area contributed by atoms with Crippen LogP contribution in [0.1, 0.15) is 19.8 Å². The molecule has 0 aromatic rings. The maximum Gasteiger partial charge on any atom is 0.422 e. The zero-order chi connectivity index (χ0) is 14.8. The van der Waals surface area contributed by atoms with E-state index in [1.165, 1.54) is 5.32 Å². The average Bonchev–Trinajstić information content (AvgIpc) is 2.74. The van der Waals surface area contributed by atoms with E-state index in [2.05, 4.69) is 0 Å². The lowest BCUT2D eigenvalue weighted by molar-refractivity contribution is -0.203. The third-order valence-corrected chi connectivity index (χ3v) is 3.20. The lowest BCUT2D eigenvalue weighted by Gasteiger charge is -2.32. The van der Waals surface area contributed by atoms with Crippen LogP contribution in [0.5, 0.6) is 0 Å². The number of amides is 2. The van der Waals surface area contributed by atoms with Crippen LogP contribution in [0.2, 0.25) is 0 Å². The van der Waals surface area contributed by atoms with Crippen LogP contribution in [-0.4, -0.2) is 58.0 Å². The van der Waals surface area contributed by atoms with Crippen LogP contribution < -0.4 is 5.32 Å². The SMILES string of the molecule is CC(NC(=O)N1CCCC1CO)(C(=O)O)C(F)(F)F. The molecule has 1 aliphatic rings. The van der Waals surface area contributed by atoms with Crippen molar-refractivity contribution in [3.05, 3.63) is 0 Å². The second kappa shape index (κ2) is 5.24. The first-order chi connectivity index (χ1) is 8.63. The van der Waals surface area contributed by atoms with Crippen molar-refractivity contribution >= 4 is 12.0 Å². The Kier molecular flexibility index (Phi) is 4.28. The predicted octanol–water partition coefficient (Wildman–Crippen LogP) is 0.558. The van der Waals surface area contributed by atoms with Crippen molar-refractivity contribution in [2.45, 2.75) is 37.5 Å². The summed E-state index contributed by atoms with van der Waals surface area (Å²) in [5.74, 6) is -2.19. The Hall–Kier alpha value is -1.51. The first-order valence-electron chi connectivity index (χ1n) is 5.63. The monoisotopic (exact) mass is 284 g/mol. The van der Waals surface area contributed by atoms with Crippen molar-refractivity contribution in [1.82, 2.24) is 10.2 Å². The summed E-state index contributed by atoms with van der Waals surface area (Å²) in [7, 11) is 0. The van der Waals surface area contributed by atoms with E-state index in [0.29, 0.717) is 19.8 Å². The normalized spacial score (nSPS) is 23.0. The number of halogens is 3. The Morgan fingerprint density at radius 3 is 2.42 bits per heavy atom. The molecule has 0 aromatic carbocycles. The summed E-state index contributed by atoms with van der Waals surface area (Å²) in [5, 5.41) is 19.2. The maximum absolute atomic E-state index is 12.7. The number of nitrogens with one attached hydrogen (secondary N) is 1. The molecule has 19 heavy (non-hydrogen) atoms. The van der Waals surface area contributed by atoms with Gasteiger partial charge in [0.2, 0.25) is 5.54 Å². The molecule has 2 atom stereocenters. The molecule has 2 amide bonds. The van der Waals surface area contributed by atoms with Gasteiger partial charge >= 0.3 is 18.2 Å². The number of carbonyl (C=O) groups is 2. The minimum atomic E-state index is -5.12. The molecule has 1 saturated heterocycles. The third-order valence-electron chi connectivity index (χ3n) is 3.20. The molecule has 6 nitrogen and oxygen atoms in total. The maximum atomic E-state index is 12.7. The van der Waals surface area contributed by atoms with Crippen LogP contribution >= 0.6 is 0 Å². The molecule has 0 aromatic heterocycles. The number of hydrogen-bond donors (Lipinski definition) is 3. The summed E-state index contributed by atoms with van der Waals surface area (Å²) in [6.07, 6.45) is -4.10. The Labute approximate surface area is 107 Å². The van der Waals surface area contributed by atoms with Gasteiger partial charge in [0, 0.05) is 6.54 Å². The Bertz CT molecular complexity index is 374. The van der Waals surface area contributed by atoms with Crippen LogP contribution in [0.25, 0.3) is 0 Å². The summed E-state index contributed by atoms with van der Waals surface area (Å²) in [6.45, 7) is 0.200. The number of hydrogen-bond acceptors (Lipinski definition) is 3. The van der Waals surface area contributed by atoms with E-state index in [9.17, 15) is 22.8 Å². The Morgan fingerprint density at radius 2 is 2.00 bits per heavy atom. The average molecular weight is 284 g/mol. The van der Waals surface area contributed by atoms with Crippen LogP contribution in [0.3, 0.4) is 0 Å². The molecule has 1 heterocycles. The van der Waals surface area contributed by atoms with E-state index in [1.807, 2.05) is 0 Å². The van der Waals surface area contributed by atoms with Gasteiger partial charge in [-0.15, -0.1) is 0 Å². The molecular weight excluding hydrogens is 269 g/mol. The van der Waals surface area contributed by atoms with Gasteiger partial charge in [0.25, 0.3) is 0 Å². The molecule has 2 unspecified atom stereocenters. The van der Waals surface area contributed by atoms with Crippen LogP contribution in [-0.2, 0) is 4.79 Å². The van der Waals surface area contributed by atoms with Crippen LogP contribution in [0.4, 0.5) is 18.0 Å². The van der Waals surface area contributed by atoms with Crippen molar-refractivity contribution < 1.29 is 33.0 Å². The molecule has 0 radical (unpaired) electrons. The van der Waals surface area contributed by atoms with E-state index in [4.69, 9.17) is 10.2 Å². The van der Waals surface area contributed by atoms with Gasteiger partial charge in [0.05, 0.1) is 12.6 Å². The van der Waals surface area contributed by atoms with Crippen molar-refractivity contribution in [2.75, 3.05) is 13.2 Å². The summed E-state index contributed by atoms with van der Waals surface area (Å²) in [5.41, 5.74) is -3.35. The van der Waals surface area contributed by atoms with E-state index in [-0.39, 0.29) is 13.2 Å². The highest BCUT2D eigenvalue weighted by Gasteiger charge is 2.59. The first kappa shape index (κ1) is 15.5. The molecule has 1 rings (SSSR count). The molecule has 1 fully saturated rings. The number of alkyl halides is 3. The lowest BCUT2D eigenvalue weighted by Crippen LogP contribution is -2.64. The van der Waals surface area contributed by atoms with Gasteiger partial charge in [-0.3, -0.25) is 0 Å². The summed E-state index contributed by atoms with van der Waals surface area (Å²) in [6, 6.07) is -1.72. The highest BCUT2D eigenvalue weighted by Crippen LogP contribution is 2.31. The van der Waals surface area contributed by atoms with Crippen LogP contribution in [0, 0.1) is 0 Å². The van der Waals surface area contributed by atoms with Crippen molar-refractivity contribution in [1.29, 1.82) is 0 Å². The number of aliphatic hydroxyl groups is 1. The van der Waals surface area contributed by atoms with Gasteiger partial charge in [-0.25, -0.2) is 9.59 Å². The zero-order valence-electron chi connectivity index (χ0n) is 10.2. The molecule has 110 valence electrons. The second-order valence-corrected chi connectivity index (χ2v) is 4.53. The van der Waals surface area contributed by atoms with Gasteiger partial charge in [-0.2, -0.15) is 13.2 Å². The highest BCUT2D eigenvalue weighted by molar-refractivity contribution is 5.87. The summed E-state index contributed by atoms with van der Waals surface area (Å²) >= 11 is 0. The summed E-state index contributed by atoms with van der Waals surface area (Å²) in [4.78, 5) is 23.5. The number of urea groups is 1.